The van der Waals surface area contributed by atoms with Gasteiger partial charge in [0.05, 0.1) is 6.61 Å². The van der Waals surface area contributed by atoms with Gasteiger partial charge in [-0.15, -0.1) is 0 Å². The topological polar surface area (TPSA) is 29.5 Å². The molecule has 1 saturated heterocycles. The molecule has 0 radical (unpaired) electrons. The molecule has 2 aliphatic heterocycles. The minimum absolute atomic E-state index is 0.0152. The molecule has 1 aromatic rings. The Labute approximate surface area is 107 Å². The van der Waals surface area contributed by atoms with Crippen LogP contribution in [0.1, 0.15) is 18.4 Å². The highest BCUT2D eigenvalue weighted by Crippen LogP contribution is 2.25. The fraction of sp³-hybridized carbons (Fsp3) is 0.400. The van der Waals surface area contributed by atoms with E-state index in [2.05, 4.69) is 35.2 Å². The van der Waals surface area contributed by atoms with E-state index in [1.807, 2.05) is 6.07 Å². The summed E-state index contributed by atoms with van der Waals surface area (Å²) in [6, 6.07) is 10.4. The van der Waals surface area contributed by atoms with Crippen molar-refractivity contribution in [3.8, 4) is 0 Å². The van der Waals surface area contributed by atoms with Crippen molar-refractivity contribution in [2.75, 3.05) is 19.7 Å². The number of hydrogen-bond donors (Lipinski definition) is 0. The van der Waals surface area contributed by atoms with Gasteiger partial charge in [0.25, 0.3) is 0 Å². The van der Waals surface area contributed by atoms with Gasteiger partial charge in [0.15, 0.2) is 0 Å². The minimum atomic E-state index is -0.0495. The molecular weight excluding hydrogens is 226 g/mol. The van der Waals surface area contributed by atoms with Crippen molar-refractivity contribution < 1.29 is 9.53 Å². The zero-order valence-corrected chi connectivity index (χ0v) is 10.3. The molecule has 2 heterocycles. The predicted molar refractivity (Wildman–Crippen MR) is 70.0 cm³/mol. The van der Waals surface area contributed by atoms with Crippen LogP contribution in [0.15, 0.2) is 36.4 Å². The maximum Gasteiger partial charge on any atom is 0.323 e. The molecule has 0 amide bonds. The molecule has 1 aromatic carbocycles. The third-order valence-electron chi connectivity index (χ3n) is 3.73. The first-order chi connectivity index (χ1) is 8.84. The normalized spacial score (nSPS) is 24.8. The fourth-order valence-electron chi connectivity index (χ4n) is 2.70. The summed E-state index contributed by atoms with van der Waals surface area (Å²) in [5, 5.41) is 0. The van der Waals surface area contributed by atoms with Gasteiger partial charge in [-0.3, -0.25) is 9.69 Å². The molecule has 18 heavy (non-hydrogen) atoms. The van der Waals surface area contributed by atoms with Crippen molar-refractivity contribution in [2.45, 2.75) is 18.9 Å². The smallest absolute Gasteiger partial charge is 0.323 e. The lowest BCUT2D eigenvalue weighted by Gasteiger charge is -2.29. The first-order valence-corrected chi connectivity index (χ1v) is 6.50. The van der Waals surface area contributed by atoms with E-state index in [1.54, 1.807) is 0 Å². The van der Waals surface area contributed by atoms with Crippen molar-refractivity contribution in [3.63, 3.8) is 0 Å². The number of hydrogen-bond acceptors (Lipinski definition) is 3. The average molecular weight is 243 g/mol. The van der Waals surface area contributed by atoms with Crippen molar-refractivity contribution >= 4 is 11.5 Å². The third-order valence-corrected chi connectivity index (χ3v) is 3.73. The average Bonchev–Trinajstić information content (AvgIpc) is 2.86. The van der Waals surface area contributed by atoms with Crippen LogP contribution in [0.4, 0.5) is 0 Å². The highest BCUT2D eigenvalue weighted by molar-refractivity contribution is 5.78. The first kappa shape index (κ1) is 11.5. The molecule has 0 aliphatic carbocycles. The largest absolute Gasteiger partial charge is 0.464 e. The van der Waals surface area contributed by atoms with E-state index >= 15 is 0 Å². The SMILES string of the molecule is O=C1OCC[C@@H]1N1CC=C(c2ccccc2)CC1. The van der Waals surface area contributed by atoms with E-state index in [0.717, 1.165) is 25.9 Å². The van der Waals surface area contributed by atoms with Crippen LogP contribution in [-0.4, -0.2) is 36.6 Å². The number of carbonyl (C=O) groups is 1. The molecule has 0 aromatic heterocycles. The standard InChI is InChI=1S/C15H17NO2/c17-15-14(8-11-18-15)16-9-6-13(7-10-16)12-4-2-1-3-5-12/h1-6,14H,7-11H2/t14-/m0/s1. The van der Waals surface area contributed by atoms with E-state index in [0.29, 0.717) is 6.61 Å². The Hall–Kier alpha value is -1.61. The Bertz CT molecular complexity index is 467. The Morgan fingerprint density at radius 1 is 1.22 bits per heavy atom. The highest BCUT2D eigenvalue weighted by atomic mass is 16.5. The second kappa shape index (κ2) is 4.94. The fourth-order valence-corrected chi connectivity index (χ4v) is 2.70. The molecular formula is C15H17NO2. The Morgan fingerprint density at radius 3 is 2.67 bits per heavy atom. The molecule has 3 nitrogen and oxygen atoms in total. The monoisotopic (exact) mass is 243 g/mol. The Balaban J connectivity index is 1.70. The maximum absolute atomic E-state index is 11.5. The van der Waals surface area contributed by atoms with E-state index in [4.69, 9.17) is 4.74 Å². The van der Waals surface area contributed by atoms with Crippen molar-refractivity contribution in [1.82, 2.24) is 4.90 Å². The lowest BCUT2D eigenvalue weighted by atomic mass is 9.98. The number of benzene rings is 1. The summed E-state index contributed by atoms with van der Waals surface area (Å²) in [5.74, 6) is -0.0495. The second-order valence-electron chi connectivity index (χ2n) is 4.81. The van der Waals surface area contributed by atoms with Crippen LogP contribution in [0.2, 0.25) is 0 Å². The van der Waals surface area contributed by atoms with Crippen LogP contribution in [0.5, 0.6) is 0 Å². The van der Waals surface area contributed by atoms with Crippen LogP contribution >= 0.6 is 0 Å². The Kier molecular flexibility index (Phi) is 3.15. The molecule has 3 heteroatoms. The molecule has 1 atom stereocenters. The summed E-state index contributed by atoms with van der Waals surface area (Å²) in [4.78, 5) is 13.8. The number of nitrogens with zero attached hydrogens (tertiary/aromatic N) is 1. The zero-order chi connectivity index (χ0) is 12.4. The van der Waals surface area contributed by atoms with E-state index in [9.17, 15) is 4.79 Å². The van der Waals surface area contributed by atoms with Gasteiger partial charge in [-0.05, 0) is 17.6 Å². The third kappa shape index (κ3) is 2.18. The number of ether oxygens (including phenoxy) is 1. The number of cyclic esters (lactones) is 1. The van der Waals surface area contributed by atoms with E-state index < -0.39 is 0 Å². The first-order valence-electron chi connectivity index (χ1n) is 6.50. The van der Waals surface area contributed by atoms with Crippen molar-refractivity contribution in [1.29, 1.82) is 0 Å². The number of esters is 1. The van der Waals surface area contributed by atoms with Crippen LogP contribution in [0.25, 0.3) is 5.57 Å². The van der Waals surface area contributed by atoms with Gasteiger partial charge < -0.3 is 4.74 Å². The van der Waals surface area contributed by atoms with Gasteiger partial charge in [-0.1, -0.05) is 36.4 Å². The molecule has 0 N–H and O–H groups in total. The number of carbonyl (C=O) groups excluding carboxylic acids is 1. The number of rotatable bonds is 2. The molecule has 0 spiro atoms. The summed E-state index contributed by atoms with van der Waals surface area (Å²) in [5.41, 5.74) is 2.68. The van der Waals surface area contributed by atoms with Gasteiger partial charge in [0.1, 0.15) is 6.04 Å². The van der Waals surface area contributed by atoms with Crippen LogP contribution in [-0.2, 0) is 9.53 Å². The van der Waals surface area contributed by atoms with Crippen LogP contribution in [0.3, 0.4) is 0 Å². The summed E-state index contributed by atoms with van der Waals surface area (Å²) < 4.78 is 5.03. The quantitative estimate of drug-likeness (QED) is 0.745. The second-order valence-corrected chi connectivity index (χ2v) is 4.81. The van der Waals surface area contributed by atoms with Gasteiger partial charge in [0, 0.05) is 19.5 Å². The molecule has 1 fully saturated rings. The summed E-state index contributed by atoms with van der Waals surface area (Å²) >= 11 is 0. The van der Waals surface area contributed by atoms with Crippen molar-refractivity contribution in [2.24, 2.45) is 0 Å². The Morgan fingerprint density at radius 2 is 2.06 bits per heavy atom. The molecule has 0 unspecified atom stereocenters. The van der Waals surface area contributed by atoms with Crippen molar-refractivity contribution in [3.05, 3.63) is 42.0 Å². The predicted octanol–water partition coefficient (Wildman–Crippen LogP) is 2.09. The van der Waals surface area contributed by atoms with Crippen LogP contribution < -0.4 is 0 Å². The molecule has 0 bridgehead atoms. The summed E-state index contributed by atoms with van der Waals surface area (Å²) in [7, 11) is 0. The summed E-state index contributed by atoms with van der Waals surface area (Å²) in [6.07, 6.45) is 4.09. The van der Waals surface area contributed by atoms with E-state index in [1.165, 1.54) is 11.1 Å². The van der Waals surface area contributed by atoms with Crippen LogP contribution in [0, 0.1) is 0 Å². The zero-order valence-electron chi connectivity index (χ0n) is 10.3. The minimum Gasteiger partial charge on any atom is -0.464 e. The van der Waals surface area contributed by atoms with Gasteiger partial charge in [-0.2, -0.15) is 0 Å². The molecule has 0 saturated carbocycles. The molecule has 3 rings (SSSR count). The highest BCUT2D eigenvalue weighted by Gasteiger charge is 2.32. The maximum atomic E-state index is 11.5. The van der Waals surface area contributed by atoms with E-state index in [-0.39, 0.29) is 12.0 Å². The summed E-state index contributed by atoms with van der Waals surface area (Å²) in [6.45, 7) is 2.37. The molecule has 2 aliphatic rings. The van der Waals surface area contributed by atoms with Gasteiger partial charge in [0.2, 0.25) is 0 Å². The molecule has 94 valence electrons. The lowest BCUT2D eigenvalue weighted by molar-refractivity contribution is -0.142. The van der Waals surface area contributed by atoms with Gasteiger partial charge >= 0.3 is 5.97 Å². The lowest BCUT2D eigenvalue weighted by Crippen LogP contribution is -2.41. The van der Waals surface area contributed by atoms with Gasteiger partial charge in [-0.25, -0.2) is 0 Å².